The number of halogens is 3. The maximum absolute atomic E-state index is 13.1. The Hall–Kier alpha value is -2.75. The third kappa shape index (κ3) is 4.00. The largest absolute Gasteiger partial charge is 0.468 e. The van der Waals surface area contributed by atoms with Gasteiger partial charge in [0.1, 0.15) is 5.25 Å². The number of alkyl halides is 3. The number of esters is 1. The number of hydrogen-bond acceptors (Lipinski definition) is 6. The molecule has 0 aliphatic heterocycles. The maximum atomic E-state index is 13.1. The Morgan fingerprint density at radius 1 is 1.26 bits per heavy atom. The van der Waals surface area contributed by atoms with Crippen LogP contribution in [0.5, 0.6) is 0 Å². The summed E-state index contributed by atoms with van der Waals surface area (Å²) in [5.74, 6) is 0.0644. The Labute approximate surface area is 156 Å². The topological polar surface area (TPSA) is 70.2 Å². The molecule has 0 aliphatic carbocycles. The lowest BCUT2D eigenvalue weighted by Gasteiger charge is -2.13. The molecule has 0 aliphatic rings. The molecule has 0 radical (unpaired) electrons. The highest BCUT2D eigenvalue weighted by Crippen LogP contribution is 2.34. The highest BCUT2D eigenvalue weighted by atomic mass is 32.2. The molecule has 6 nitrogen and oxygen atoms in total. The van der Waals surface area contributed by atoms with Gasteiger partial charge in [-0.2, -0.15) is 13.2 Å². The van der Waals surface area contributed by atoms with Crippen molar-refractivity contribution in [2.45, 2.75) is 23.5 Å². The van der Waals surface area contributed by atoms with Crippen LogP contribution in [0.3, 0.4) is 0 Å². The van der Waals surface area contributed by atoms with Crippen molar-refractivity contribution in [3.63, 3.8) is 0 Å². The van der Waals surface area contributed by atoms with Crippen molar-refractivity contribution < 1.29 is 27.1 Å². The van der Waals surface area contributed by atoms with Gasteiger partial charge in [0.05, 0.1) is 24.6 Å². The van der Waals surface area contributed by atoms with Crippen molar-refractivity contribution >= 4 is 17.7 Å². The van der Waals surface area contributed by atoms with Crippen molar-refractivity contribution in [3.05, 3.63) is 48.2 Å². The van der Waals surface area contributed by atoms with Gasteiger partial charge in [-0.1, -0.05) is 17.8 Å². The molecule has 0 saturated heterocycles. The van der Waals surface area contributed by atoms with Crippen molar-refractivity contribution in [1.82, 2.24) is 14.8 Å². The van der Waals surface area contributed by atoms with E-state index < -0.39 is 23.0 Å². The van der Waals surface area contributed by atoms with E-state index in [1.54, 1.807) is 19.1 Å². The number of carbonyl (C=O) groups excluding carboxylic acids is 1. The van der Waals surface area contributed by atoms with E-state index in [-0.39, 0.29) is 16.7 Å². The van der Waals surface area contributed by atoms with Crippen LogP contribution in [0.4, 0.5) is 13.2 Å². The number of ether oxygens (including phenoxy) is 1. The molecule has 2 aromatic heterocycles. The lowest BCUT2D eigenvalue weighted by atomic mass is 10.2. The number of thioether (sulfide) groups is 1. The van der Waals surface area contributed by atoms with E-state index in [2.05, 4.69) is 14.9 Å². The van der Waals surface area contributed by atoms with Crippen LogP contribution >= 0.6 is 11.8 Å². The molecule has 3 aromatic rings. The van der Waals surface area contributed by atoms with Gasteiger partial charge < -0.3 is 9.15 Å². The monoisotopic (exact) mass is 397 g/mol. The summed E-state index contributed by atoms with van der Waals surface area (Å²) < 4.78 is 50.8. The Morgan fingerprint density at radius 2 is 2.04 bits per heavy atom. The molecule has 0 unspecified atom stereocenters. The first kappa shape index (κ1) is 19.0. The maximum Gasteiger partial charge on any atom is 0.416 e. The van der Waals surface area contributed by atoms with Crippen molar-refractivity contribution in [1.29, 1.82) is 0 Å². The van der Waals surface area contributed by atoms with Gasteiger partial charge in [0, 0.05) is 0 Å². The second kappa shape index (κ2) is 7.47. The average Bonchev–Trinajstić information content (AvgIpc) is 3.29. The first-order valence-electron chi connectivity index (χ1n) is 7.72. The van der Waals surface area contributed by atoms with Gasteiger partial charge in [-0.15, -0.1) is 10.2 Å². The first-order chi connectivity index (χ1) is 12.8. The highest BCUT2D eigenvalue weighted by Gasteiger charge is 2.31. The molecule has 142 valence electrons. The fourth-order valence-electron chi connectivity index (χ4n) is 2.34. The van der Waals surface area contributed by atoms with E-state index >= 15 is 0 Å². The van der Waals surface area contributed by atoms with Crippen LogP contribution in [-0.4, -0.2) is 33.1 Å². The molecule has 3 rings (SSSR count). The summed E-state index contributed by atoms with van der Waals surface area (Å²) in [5, 5.41) is 7.66. The summed E-state index contributed by atoms with van der Waals surface area (Å²) in [6.45, 7) is 1.61. The molecule has 10 heteroatoms. The predicted octanol–water partition coefficient (Wildman–Crippen LogP) is 4.20. The standard InChI is InChI=1S/C17H14F3N3O3S/c1-10(15(24)25-2)27-16-22-21-14(13-7-4-8-26-13)23(16)12-6-3-5-11(9-12)17(18,19)20/h3-10H,1-2H3/t10-/m1/s1. The van der Waals surface area contributed by atoms with Crippen LogP contribution in [0.2, 0.25) is 0 Å². The van der Waals surface area contributed by atoms with Crippen LogP contribution in [0.15, 0.2) is 52.2 Å². The Balaban J connectivity index is 2.11. The number of aromatic nitrogens is 3. The molecule has 0 fully saturated rings. The minimum absolute atomic E-state index is 0.195. The van der Waals surface area contributed by atoms with Crippen LogP contribution in [0.1, 0.15) is 12.5 Å². The lowest BCUT2D eigenvalue weighted by Crippen LogP contribution is -2.15. The summed E-state index contributed by atoms with van der Waals surface area (Å²) in [5.41, 5.74) is -0.614. The van der Waals surface area contributed by atoms with E-state index in [1.807, 2.05) is 0 Å². The van der Waals surface area contributed by atoms with E-state index in [0.29, 0.717) is 5.76 Å². The highest BCUT2D eigenvalue weighted by molar-refractivity contribution is 8.00. The molecule has 0 spiro atoms. The summed E-state index contributed by atoms with van der Waals surface area (Å²) in [7, 11) is 1.26. The SMILES string of the molecule is COC(=O)[C@@H](C)Sc1nnc(-c2ccco2)n1-c1cccc(C(F)(F)F)c1. The smallest absolute Gasteiger partial charge is 0.416 e. The summed E-state index contributed by atoms with van der Waals surface area (Å²) >= 11 is 1.02. The first-order valence-corrected chi connectivity index (χ1v) is 8.60. The zero-order valence-corrected chi connectivity index (χ0v) is 15.0. The number of rotatable bonds is 5. The molecule has 1 atom stereocenters. The van der Waals surface area contributed by atoms with Gasteiger partial charge in [0.2, 0.25) is 5.82 Å². The fourth-order valence-corrected chi connectivity index (χ4v) is 3.23. The molecule has 0 amide bonds. The van der Waals surface area contributed by atoms with E-state index in [1.165, 1.54) is 30.1 Å². The number of carbonyl (C=O) groups is 1. The summed E-state index contributed by atoms with van der Waals surface area (Å²) in [6, 6.07) is 8.00. The van der Waals surface area contributed by atoms with Crippen LogP contribution < -0.4 is 0 Å². The van der Waals surface area contributed by atoms with Gasteiger partial charge in [0.25, 0.3) is 0 Å². The second-order valence-corrected chi connectivity index (χ2v) is 6.76. The normalized spacial score (nSPS) is 12.8. The van der Waals surface area contributed by atoms with E-state index in [0.717, 1.165) is 23.9 Å². The average molecular weight is 397 g/mol. The number of hydrogen-bond donors (Lipinski definition) is 0. The Bertz CT molecular complexity index is 939. The Morgan fingerprint density at radius 3 is 2.67 bits per heavy atom. The molecule has 2 heterocycles. The molecule has 1 aromatic carbocycles. The minimum Gasteiger partial charge on any atom is -0.468 e. The van der Waals surface area contributed by atoms with E-state index in [9.17, 15) is 18.0 Å². The molecular formula is C17H14F3N3O3S. The van der Waals surface area contributed by atoms with Crippen molar-refractivity contribution in [2.75, 3.05) is 7.11 Å². The third-order valence-corrected chi connectivity index (χ3v) is 4.64. The van der Waals surface area contributed by atoms with Crippen molar-refractivity contribution in [3.8, 4) is 17.3 Å². The number of furan rings is 1. The van der Waals surface area contributed by atoms with Gasteiger partial charge in [0.15, 0.2) is 10.9 Å². The summed E-state index contributed by atoms with van der Waals surface area (Å²) in [4.78, 5) is 11.7. The lowest BCUT2D eigenvalue weighted by molar-refractivity contribution is -0.139. The second-order valence-electron chi connectivity index (χ2n) is 5.45. The summed E-state index contributed by atoms with van der Waals surface area (Å²) in [6.07, 6.45) is -3.08. The molecule has 0 bridgehead atoms. The predicted molar refractivity (Wildman–Crippen MR) is 91.4 cm³/mol. The Kier molecular flexibility index (Phi) is 5.26. The van der Waals surface area contributed by atoms with Gasteiger partial charge in [-0.3, -0.25) is 9.36 Å². The van der Waals surface area contributed by atoms with Crippen molar-refractivity contribution in [2.24, 2.45) is 0 Å². The van der Waals surface area contributed by atoms with Gasteiger partial charge in [-0.05, 0) is 37.3 Å². The molecule has 27 heavy (non-hydrogen) atoms. The van der Waals surface area contributed by atoms with Crippen LogP contribution in [-0.2, 0) is 15.7 Å². The molecule has 0 saturated carbocycles. The third-order valence-electron chi connectivity index (χ3n) is 3.62. The van der Waals surface area contributed by atoms with Gasteiger partial charge >= 0.3 is 12.1 Å². The molecular weight excluding hydrogens is 383 g/mol. The quantitative estimate of drug-likeness (QED) is 0.475. The van der Waals surface area contributed by atoms with Gasteiger partial charge in [-0.25, -0.2) is 0 Å². The van der Waals surface area contributed by atoms with Crippen LogP contribution in [0.25, 0.3) is 17.3 Å². The zero-order chi connectivity index (χ0) is 19.6. The number of methoxy groups -OCH3 is 1. The zero-order valence-electron chi connectivity index (χ0n) is 14.2. The minimum atomic E-state index is -4.50. The fraction of sp³-hybridized carbons (Fsp3) is 0.235. The van der Waals surface area contributed by atoms with Crippen LogP contribution in [0, 0.1) is 0 Å². The number of benzene rings is 1. The molecule has 0 N–H and O–H groups in total. The van der Waals surface area contributed by atoms with E-state index in [4.69, 9.17) is 4.42 Å². The number of nitrogens with zero attached hydrogens (tertiary/aromatic N) is 3.